The summed E-state index contributed by atoms with van der Waals surface area (Å²) in [5.74, 6) is -0.482. The molecule has 0 spiro atoms. The number of rotatable bonds is 3. The van der Waals surface area contributed by atoms with Crippen molar-refractivity contribution in [2.24, 2.45) is 5.73 Å². The smallest absolute Gasteiger partial charge is 0.204 e. The summed E-state index contributed by atoms with van der Waals surface area (Å²) in [6, 6.07) is 6.65. The summed E-state index contributed by atoms with van der Waals surface area (Å²) in [7, 11) is 1.48. The second-order valence-corrected chi connectivity index (χ2v) is 4.94. The summed E-state index contributed by atoms with van der Waals surface area (Å²) in [4.78, 5) is 0. The predicted octanol–water partition coefficient (Wildman–Crippen LogP) is 3.55. The van der Waals surface area contributed by atoms with Gasteiger partial charge >= 0.3 is 0 Å². The van der Waals surface area contributed by atoms with Gasteiger partial charge in [0.05, 0.1) is 13.7 Å². The Labute approximate surface area is 126 Å². The fourth-order valence-electron chi connectivity index (χ4n) is 2.39. The van der Waals surface area contributed by atoms with Crippen molar-refractivity contribution in [2.45, 2.75) is 12.5 Å². The second-order valence-electron chi connectivity index (χ2n) is 4.94. The van der Waals surface area contributed by atoms with E-state index in [0.29, 0.717) is 23.9 Å². The molecule has 3 rings (SSSR count). The van der Waals surface area contributed by atoms with Crippen LogP contribution >= 0.6 is 0 Å². The number of halogens is 2. The van der Waals surface area contributed by atoms with E-state index in [1.165, 1.54) is 13.2 Å². The predicted molar refractivity (Wildman–Crippen MR) is 76.5 cm³/mol. The number of hydrogen-bond acceptors (Lipinski definition) is 4. The third kappa shape index (κ3) is 2.57. The van der Waals surface area contributed by atoms with Crippen LogP contribution < -0.4 is 19.9 Å². The minimum absolute atomic E-state index is 0.130. The normalized spacial score (nSPS) is 16.6. The highest BCUT2D eigenvalue weighted by Crippen LogP contribution is 2.45. The van der Waals surface area contributed by atoms with Crippen LogP contribution in [0.3, 0.4) is 0 Å². The Bertz CT molecular complexity index is 706. The van der Waals surface area contributed by atoms with E-state index in [1.54, 1.807) is 12.1 Å². The zero-order valence-corrected chi connectivity index (χ0v) is 11.9. The molecule has 0 fully saturated rings. The van der Waals surface area contributed by atoms with E-state index in [9.17, 15) is 8.78 Å². The van der Waals surface area contributed by atoms with Crippen molar-refractivity contribution >= 4 is 0 Å². The first-order chi connectivity index (χ1) is 10.6. The maximum absolute atomic E-state index is 13.3. The van der Waals surface area contributed by atoms with Crippen LogP contribution in [0.4, 0.5) is 8.78 Å². The average Bonchev–Trinajstić information content (AvgIpc) is 2.51. The van der Waals surface area contributed by atoms with Gasteiger partial charge in [0.1, 0.15) is 5.75 Å². The van der Waals surface area contributed by atoms with Gasteiger partial charge in [-0.2, -0.15) is 0 Å². The van der Waals surface area contributed by atoms with Gasteiger partial charge in [0.2, 0.25) is 5.75 Å². The zero-order chi connectivity index (χ0) is 15.7. The van der Waals surface area contributed by atoms with E-state index in [2.05, 4.69) is 0 Å². The van der Waals surface area contributed by atoms with Crippen molar-refractivity contribution in [3.63, 3.8) is 0 Å². The van der Waals surface area contributed by atoms with Crippen LogP contribution in [0.5, 0.6) is 23.0 Å². The number of fused-ring (bicyclic) bond motifs is 1. The van der Waals surface area contributed by atoms with E-state index in [1.807, 2.05) is 0 Å². The van der Waals surface area contributed by atoms with Gasteiger partial charge in [-0.3, -0.25) is 0 Å². The highest BCUT2D eigenvalue weighted by molar-refractivity contribution is 5.58. The van der Waals surface area contributed by atoms with Crippen LogP contribution in [0.2, 0.25) is 0 Å². The fourth-order valence-corrected chi connectivity index (χ4v) is 2.39. The topological polar surface area (TPSA) is 53.7 Å². The molecule has 0 saturated carbocycles. The van der Waals surface area contributed by atoms with Crippen molar-refractivity contribution < 1.29 is 23.0 Å². The molecule has 22 heavy (non-hydrogen) atoms. The van der Waals surface area contributed by atoms with Gasteiger partial charge in [0.15, 0.2) is 23.1 Å². The summed E-state index contributed by atoms with van der Waals surface area (Å²) >= 11 is 0. The van der Waals surface area contributed by atoms with Crippen molar-refractivity contribution in [1.82, 2.24) is 0 Å². The molecule has 0 aliphatic carbocycles. The van der Waals surface area contributed by atoms with Crippen LogP contribution in [0, 0.1) is 11.6 Å². The molecule has 1 unspecified atom stereocenters. The monoisotopic (exact) mass is 307 g/mol. The maximum atomic E-state index is 13.3. The molecule has 1 atom stereocenters. The number of methoxy groups -OCH3 is 1. The first kappa shape index (κ1) is 14.6. The molecule has 0 amide bonds. The molecule has 6 heteroatoms. The summed E-state index contributed by atoms with van der Waals surface area (Å²) in [5, 5.41) is 0. The molecule has 2 aromatic rings. The molecule has 4 nitrogen and oxygen atoms in total. The Morgan fingerprint density at radius 1 is 1.18 bits per heavy atom. The van der Waals surface area contributed by atoms with Crippen LogP contribution in [-0.4, -0.2) is 13.7 Å². The van der Waals surface area contributed by atoms with E-state index in [0.717, 1.165) is 24.1 Å². The number of nitrogens with two attached hydrogens (primary N) is 1. The first-order valence-corrected chi connectivity index (χ1v) is 6.82. The van der Waals surface area contributed by atoms with Gasteiger partial charge < -0.3 is 19.9 Å². The summed E-state index contributed by atoms with van der Waals surface area (Å²) < 4.78 is 42.8. The van der Waals surface area contributed by atoms with E-state index >= 15 is 0 Å². The number of benzene rings is 2. The zero-order valence-electron chi connectivity index (χ0n) is 11.9. The molecule has 0 bridgehead atoms. The molecule has 0 aromatic heterocycles. The molecule has 2 aromatic carbocycles. The average molecular weight is 307 g/mol. The summed E-state index contributed by atoms with van der Waals surface area (Å²) in [6.07, 6.45) is 0.722. The Morgan fingerprint density at radius 3 is 2.73 bits per heavy atom. The fraction of sp³-hybridized carbons (Fsp3) is 0.250. The molecule has 1 aliphatic rings. The van der Waals surface area contributed by atoms with Gasteiger partial charge in [0, 0.05) is 24.1 Å². The standard InChI is InChI=1S/C16H15F2NO3/c1-20-16-14(22-9-2-4-11(17)12(18)8-9)5-3-10-13(19)6-7-21-15(10)16/h2-5,8,13H,6-7,19H2,1H3. The minimum atomic E-state index is -0.979. The van der Waals surface area contributed by atoms with E-state index < -0.39 is 11.6 Å². The Kier molecular flexibility index (Phi) is 3.85. The van der Waals surface area contributed by atoms with Gasteiger partial charge in [-0.15, -0.1) is 0 Å². The molecular weight excluding hydrogens is 292 g/mol. The largest absolute Gasteiger partial charge is 0.490 e. The van der Waals surface area contributed by atoms with Gasteiger partial charge in [0.25, 0.3) is 0 Å². The molecule has 1 aliphatic heterocycles. The highest BCUT2D eigenvalue weighted by atomic mass is 19.2. The van der Waals surface area contributed by atoms with Crippen LogP contribution in [0.25, 0.3) is 0 Å². The van der Waals surface area contributed by atoms with Gasteiger partial charge in [-0.1, -0.05) is 0 Å². The summed E-state index contributed by atoms with van der Waals surface area (Å²) in [6.45, 7) is 0.485. The Hall–Kier alpha value is -2.34. The van der Waals surface area contributed by atoms with Crippen molar-refractivity contribution in [3.05, 3.63) is 47.5 Å². The van der Waals surface area contributed by atoms with Crippen molar-refractivity contribution in [1.29, 1.82) is 0 Å². The lowest BCUT2D eigenvalue weighted by atomic mass is 10.0. The molecule has 2 N–H and O–H groups in total. The molecule has 1 heterocycles. The Morgan fingerprint density at radius 2 is 2.00 bits per heavy atom. The van der Waals surface area contributed by atoms with E-state index in [-0.39, 0.29) is 11.8 Å². The number of hydrogen-bond donors (Lipinski definition) is 1. The van der Waals surface area contributed by atoms with E-state index in [4.69, 9.17) is 19.9 Å². The SMILES string of the molecule is COc1c(Oc2ccc(F)c(F)c2)ccc2c1OCCC2N. The van der Waals surface area contributed by atoms with Crippen LogP contribution in [0.15, 0.2) is 30.3 Å². The maximum Gasteiger partial charge on any atom is 0.204 e. The second kappa shape index (κ2) is 5.81. The lowest BCUT2D eigenvalue weighted by Crippen LogP contribution is -2.21. The minimum Gasteiger partial charge on any atom is -0.490 e. The molecule has 116 valence electrons. The highest BCUT2D eigenvalue weighted by Gasteiger charge is 2.25. The molecule has 0 saturated heterocycles. The van der Waals surface area contributed by atoms with Crippen molar-refractivity contribution in [3.8, 4) is 23.0 Å². The Balaban J connectivity index is 1.98. The lowest BCUT2D eigenvalue weighted by Gasteiger charge is -2.25. The molecular formula is C16H15F2NO3. The summed E-state index contributed by atoms with van der Waals surface area (Å²) in [5.41, 5.74) is 6.88. The quantitative estimate of drug-likeness (QED) is 0.942. The van der Waals surface area contributed by atoms with Gasteiger partial charge in [-0.05, 0) is 24.3 Å². The molecule has 0 radical (unpaired) electrons. The van der Waals surface area contributed by atoms with Crippen LogP contribution in [0.1, 0.15) is 18.0 Å². The van der Waals surface area contributed by atoms with Crippen molar-refractivity contribution in [2.75, 3.05) is 13.7 Å². The van der Waals surface area contributed by atoms with Crippen LogP contribution in [-0.2, 0) is 0 Å². The third-order valence-corrected chi connectivity index (χ3v) is 3.50. The third-order valence-electron chi connectivity index (χ3n) is 3.50. The lowest BCUT2D eigenvalue weighted by molar-refractivity contribution is 0.249. The first-order valence-electron chi connectivity index (χ1n) is 6.82. The van der Waals surface area contributed by atoms with Gasteiger partial charge in [-0.25, -0.2) is 8.78 Å². The number of ether oxygens (including phenoxy) is 3.